The normalized spacial score (nSPS) is 12.4. The van der Waals surface area contributed by atoms with Crippen molar-refractivity contribution in [2.75, 3.05) is 45.9 Å². The second-order valence-corrected chi connectivity index (χ2v) is 5.06. The molecule has 0 aliphatic rings. The summed E-state index contributed by atoms with van der Waals surface area (Å²) in [5.41, 5.74) is 1.03. The van der Waals surface area contributed by atoms with Gasteiger partial charge >= 0.3 is 0 Å². The van der Waals surface area contributed by atoms with E-state index in [1.807, 2.05) is 13.1 Å². The van der Waals surface area contributed by atoms with Crippen LogP contribution >= 0.6 is 11.6 Å². The van der Waals surface area contributed by atoms with Crippen LogP contribution in [0.3, 0.4) is 0 Å². The van der Waals surface area contributed by atoms with Gasteiger partial charge in [-0.25, -0.2) is 4.98 Å². The van der Waals surface area contributed by atoms with Gasteiger partial charge in [-0.3, -0.25) is 0 Å². The molecule has 1 aromatic rings. The first-order chi connectivity index (χ1) is 9.63. The number of ether oxygens (including phenoxy) is 2. The number of nitrogens with one attached hydrogen (secondary N) is 1. The maximum Gasteiger partial charge on any atom is 0.129 e. The average Bonchev–Trinajstić information content (AvgIpc) is 2.43. The van der Waals surface area contributed by atoms with Crippen LogP contribution in [0.4, 0.5) is 5.82 Å². The summed E-state index contributed by atoms with van der Waals surface area (Å²) in [5, 5.41) is 3.78. The van der Waals surface area contributed by atoms with Crippen LogP contribution in [0.25, 0.3) is 0 Å². The molecule has 20 heavy (non-hydrogen) atoms. The molecule has 1 heterocycles. The Bertz CT molecular complexity index is 404. The molecule has 1 aromatic heterocycles. The quantitative estimate of drug-likeness (QED) is 0.755. The minimum atomic E-state index is 0.214. The molecule has 0 fully saturated rings. The molecule has 0 bridgehead atoms. The number of nitrogens with zero attached hydrogens (tertiary/aromatic N) is 2. The monoisotopic (exact) mass is 301 g/mol. The van der Waals surface area contributed by atoms with Gasteiger partial charge in [0, 0.05) is 33.5 Å². The van der Waals surface area contributed by atoms with Gasteiger partial charge in [-0.2, -0.15) is 0 Å². The maximum absolute atomic E-state index is 6.15. The zero-order valence-electron chi connectivity index (χ0n) is 12.6. The van der Waals surface area contributed by atoms with Gasteiger partial charge < -0.3 is 19.7 Å². The number of rotatable bonds is 9. The molecule has 0 aliphatic carbocycles. The number of aromatic nitrogens is 1. The Labute approximate surface area is 126 Å². The molecule has 114 valence electrons. The van der Waals surface area contributed by atoms with Gasteiger partial charge in [0.1, 0.15) is 5.82 Å². The molecule has 6 heteroatoms. The van der Waals surface area contributed by atoms with Crippen molar-refractivity contribution in [1.82, 2.24) is 10.3 Å². The number of halogens is 1. The van der Waals surface area contributed by atoms with Crippen LogP contribution in [-0.4, -0.2) is 52.1 Å². The Morgan fingerprint density at radius 3 is 2.75 bits per heavy atom. The molecule has 5 nitrogen and oxygen atoms in total. The highest BCUT2D eigenvalue weighted by Crippen LogP contribution is 2.22. The summed E-state index contributed by atoms with van der Waals surface area (Å²) in [4.78, 5) is 6.60. The largest absolute Gasteiger partial charge is 0.383 e. The van der Waals surface area contributed by atoms with Crippen LogP contribution < -0.4 is 10.2 Å². The Morgan fingerprint density at radius 1 is 1.40 bits per heavy atom. The van der Waals surface area contributed by atoms with Crippen LogP contribution in [-0.2, 0) is 16.0 Å². The van der Waals surface area contributed by atoms with Crippen molar-refractivity contribution in [1.29, 1.82) is 0 Å². The summed E-state index contributed by atoms with van der Waals surface area (Å²) < 4.78 is 10.4. The molecule has 1 unspecified atom stereocenters. The average molecular weight is 302 g/mol. The van der Waals surface area contributed by atoms with E-state index in [9.17, 15) is 0 Å². The van der Waals surface area contributed by atoms with Crippen LogP contribution in [0.1, 0.15) is 12.5 Å². The molecule has 0 aromatic carbocycles. The number of hydrogen-bond donors (Lipinski definition) is 1. The van der Waals surface area contributed by atoms with Gasteiger partial charge in [-0.1, -0.05) is 11.6 Å². The first-order valence-corrected chi connectivity index (χ1v) is 7.05. The number of pyridine rings is 1. The zero-order chi connectivity index (χ0) is 15.0. The second-order valence-electron chi connectivity index (χ2n) is 4.65. The van der Waals surface area contributed by atoms with Gasteiger partial charge in [0.15, 0.2) is 0 Å². The van der Waals surface area contributed by atoms with Crippen molar-refractivity contribution in [2.24, 2.45) is 0 Å². The maximum atomic E-state index is 6.15. The van der Waals surface area contributed by atoms with E-state index in [1.165, 1.54) is 0 Å². The molecule has 0 aliphatic heterocycles. The third-order valence-electron chi connectivity index (χ3n) is 3.06. The van der Waals surface area contributed by atoms with Gasteiger partial charge in [0.05, 0.1) is 24.3 Å². The van der Waals surface area contributed by atoms with Gasteiger partial charge in [-0.05, 0) is 25.6 Å². The summed E-state index contributed by atoms with van der Waals surface area (Å²) in [5.74, 6) is 0.890. The topological polar surface area (TPSA) is 46.6 Å². The summed E-state index contributed by atoms with van der Waals surface area (Å²) in [6.45, 7) is 4.85. The van der Waals surface area contributed by atoms with E-state index in [-0.39, 0.29) is 6.04 Å². The van der Waals surface area contributed by atoms with Gasteiger partial charge in [-0.15, -0.1) is 0 Å². The number of hydrogen-bond acceptors (Lipinski definition) is 5. The summed E-state index contributed by atoms with van der Waals surface area (Å²) in [7, 11) is 5.29. The predicted octanol–water partition coefficient (Wildman–Crippen LogP) is 1.94. The standard InChI is InChI=1S/C14H24ClN3O2/c1-11(10-20-4)18(5-6-19-3)14-7-12(8-16-2)13(15)9-17-14/h7,9,11,16H,5-6,8,10H2,1-4H3. The van der Waals surface area contributed by atoms with Gasteiger partial charge in [0.2, 0.25) is 0 Å². The fraction of sp³-hybridized carbons (Fsp3) is 0.643. The van der Waals surface area contributed by atoms with Crippen molar-refractivity contribution < 1.29 is 9.47 Å². The van der Waals surface area contributed by atoms with Crippen LogP contribution in [0, 0.1) is 0 Å². The molecule has 0 spiro atoms. The highest BCUT2D eigenvalue weighted by molar-refractivity contribution is 6.31. The predicted molar refractivity (Wildman–Crippen MR) is 82.6 cm³/mol. The molecule has 0 amide bonds. The highest BCUT2D eigenvalue weighted by atomic mass is 35.5. The Morgan fingerprint density at radius 2 is 2.15 bits per heavy atom. The summed E-state index contributed by atoms with van der Waals surface area (Å²) >= 11 is 6.15. The minimum absolute atomic E-state index is 0.214. The molecule has 1 N–H and O–H groups in total. The molecule has 1 atom stereocenters. The Balaban J connectivity index is 2.96. The first-order valence-electron chi connectivity index (χ1n) is 6.67. The zero-order valence-corrected chi connectivity index (χ0v) is 13.4. The fourth-order valence-corrected chi connectivity index (χ4v) is 2.20. The molecule has 0 radical (unpaired) electrons. The molecule has 0 saturated heterocycles. The van der Waals surface area contributed by atoms with E-state index in [0.29, 0.717) is 24.8 Å². The lowest BCUT2D eigenvalue weighted by molar-refractivity contribution is 0.170. The summed E-state index contributed by atoms with van der Waals surface area (Å²) in [6.07, 6.45) is 1.70. The SMILES string of the molecule is CNCc1cc(N(CCOC)C(C)COC)ncc1Cl. The van der Waals surface area contributed by atoms with Crippen LogP contribution in [0.5, 0.6) is 0 Å². The van der Waals surface area contributed by atoms with Crippen molar-refractivity contribution in [3.63, 3.8) is 0 Å². The van der Waals surface area contributed by atoms with Gasteiger partial charge in [0.25, 0.3) is 0 Å². The van der Waals surface area contributed by atoms with E-state index < -0.39 is 0 Å². The third kappa shape index (κ3) is 4.90. The van der Waals surface area contributed by atoms with Crippen molar-refractivity contribution in [2.45, 2.75) is 19.5 Å². The lowest BCUT2D eigenvalue weighted by atomic mass is 10.2. The lowest BCUT2D eigenvalue weighted by Crippen LogP contribution is -2.39. The molecule has 0 saturated carbocycles. The van der Waals surface area contributed by atoms with E-state index in [4.69, 9.17) is 21.1 Å². The van der Waals surface area contributed by atoms with E-state index in [1.54, 1.807) is 20.4 Å². The van der Waals surface area contributed by atoms with Crippen molar-refractivity contribution >= 4 is 17.4 Å². The minimum Gasteiger partial charge on any atom is -0.383 e. The number of anilines is 1. The fourth-order valence-electron chi connectivity index (χ4n) is 2.03. The Hall–Kier alpha value is -0.880. The third-order valence-corrected chi connectivity index (χ3v) is 3.40. The lowest BCUT2D eigenvalue weighted by Gasteiger charge is -2.30. The van der Waals surface area contributed by atoms with E-state index >= 15 is 0 Å². The first kappa shape index (κ1) is 17.2. The molecule has 1 rings (SSSR count). The van der Waals surface area contributed by atoms with E-state index in [2.05, 4.69) is 22.1 Å². The van der Waals surface area contributed by atoms with Crippen molar-refractivity contribution in [3.05, 3.63) is 22.8 Å². The van der Waals surface area contributed by atoms with Crippen molar-refractivity contribution in [3.8, 4) is 0 Å². The van der Waals surface area contributed by atoms with Crippen LogP contribution in [0.15, 0.2) is 12.3 Å². The molecular formula is C14H24ClN3O2. The highest BCUT2D eigenvalue weighted by Gasteiger charge is 2.16. The van der Waals surface area contributed by atoms with E-state index in [0.717, 1.165) is 17.9 Å². The van der Waals surface area contributed by atoms with Crippen LogP contribution in [0.2, 0.25) is 5.02 Å². The second kappa shape index (κ2) is 9.13. The molecular weight excluding hydrogens is 278 g/mol. The Kier molecular flexibility index (Phi) is 7.84. The number of methoxy groups -OCH3 is 2. The summed E-state index contributed by atoms with van der Waals surface area (Å²) in [6, 6.07) is 2.23. The smallest absolute Gasteiger partial charge is 0.129 e.